The molecule has 0 bridgehead atoms. The van der Waals surface area contributed by atoms with Gasteiger partial charge in [-0.2, -0.15) is 0 Å². The Morgan fingerprint density at radius 1 is 1.45 bits per heavy atom. The molecule has 2 nitrogen and oxygen atoms in total. The normalized spacial score (nSPS) is 19.6. The lowest BCUT2D eigenvalue weighted by molar-refractivity contribution is 0.499. The number of nitrogens with zero attached hydrogens (tertiary/aromatic N) is 1. The standard InChI is InChI=1S/C8H19BN2/c1-3-5-6-9-10-7-8-11(9)4-2/h10H,3-8H2,1-2H3. The minimum absolute atomic E-state index is 0.681. The molecule has 64 valence electrons. The summed E-state index contributed by atoms with van der Waals surface area (Å²) >= 11 is 0. The van der Waals surface area contributed by atoms with Crippen molar-refractivity contribution in [1.82, 2.24) is 10.0 Å². The predicted molar refractivity (Wildman–Crippen MR) is 50.7 cm³/mol. The van der Waals surface area contributed by atoms with Crippen LogP contribution in [-0.2, 0) is 0 Å². The first-order chi connectivity index (χ1) is 5.38. The van der Waals surface area contributed by atoms with Gasteiger partial charge in [-0.05, 0) is 19.4 Å². The van der Waals surface area contributed by atoms with Crippen molar-refractivity contribution in [3.8, 4) is 0 Å². The molecule has 0 aliphatic carbocycles. The Kier molecular flexibility index (Phi) is 3.94. The molecule has 0 aromatic carbocycles. The van der Waals surface area contributed by atoms with Crippen molar-refractivity contribution >= 4 is 6.98 Å². The van der Waals surface area contributed by atoms with Crippen molar-refractivity contribution < 1.29 is 0 Å². The third-order valence-electron chi connectivity index (χ3n) is 2.46. The van der Waals surface area contributed by atoms with Gasteiger partial charge >= 0.3 is 6.98 Å². The van der Waals surface area contributed by atoms with Gasteiger partial charge in [-0.3, -0.25) is 0 Å². The highest BCUT2D eigenvalue weighted by Crippen LogP contribution is 2.07. The maximum absolute atomic E-state index is 3.52. The van der Waals surface area contributed by atoms with Crippen molar-refractivity contribution in [3.05, 3.63) is 0 Å². The van der Waals surface area contributed by atoms with Crippen LogP contribution in [0.5, 0.6) is 0 Å². The number of rotatable bonds is 4. The zero-order valence-electron chi connectivity index (χ0n) is 7.77. The smallest absolute Gasteiger partial charge is 0.308 e. The Morgan fingerprint density at radius 3 is 2.91 bits per heavy atom. The highest BCUT2D eigenvalue weighted by Gasteiger charge is 2.25. The Bertz CT molecular complexity index is 108. The lowest BCUT2D eigenvalue weighted by Gasteiger charge is -2.17. The van der Waals surface area contributed by atoms with Crippen LogP contribution in [0.2, 0.25) is 6.32 Å². The molecule has 0 aromatic rings. The molecule has 11 heavy (non-hydrogen) atoms. The van der Waals surface area contributed by atoms with Crippen molar-refractivity contribution in [2.45, 2.75) is 33.0 Å². The molecular weight excluding hydrogens is 135 g/mol. The minimum atomic E-state index is 0.681. The maximum Gasteiger partial charge on any atom is 0.308 e. The molecule has 3 heteroatoms. The van der Waals surface area contributed by atoms with Crippen LogP contribution in [0.15, 0.2) is 0 Å². The monoisotopic (exact) mass is 154 g/mol. The molecule has 0 saturated carbocycles. The van der Waals surface area contributed by atoms with Crippen LogP contribution in [0.3, 0.4) is 0 Å². The fraction of sp³-hybridized carbons (Fsp3) is 1.00. The van der Waals surface area contributed by atoms with E-state index in [1.807, 2.05) is 0 Å². The van der Waals surface area contributed by atoms with Gasteiger partial charge in [0, 0.05) is 6.54 Å². The second-order valence-electron chi connectivity index (χ2n) is 3.24. The molecule has 0 amide bonds. The van der Waals surface area contributed by atoms with Gasteiger partial charge in [-0.25, -0.2) is 0 Å². The highest BCUT2D eigenvalue weighted by atomic mass is 15.2. The topological polar surface area (TPSA) is 15.3 Å². The van der Waals surface area contributed by atoms with Gasteiger partial charge in [0.05, 0.1) is 0 Å². The lowest BCUT2D eigenvalue weighted by atomic mass is 9.70. The van der Waals surface area contributed by atoms with Gasteiger partial charge in [0.2, 0.25) is 0 Å². The zero-order valence-corrected chi connectivity index (χ0v) is 7.77. The van der Waals surface area contributed by atoms with Crippen LogP contribution < -0.4 is 5.23 Å². The van der Waals surface area contributed by atoms with Crippen molar-refractivity contribution in [2.75, 3.05) is 19.6 Å². The molecule has 1 aliphatic heterocycles. The van der Waals surface area contributed by atoms with E-state index in [1.54, 1.807) is 0 Å². The van der Waals surface area contributed by atoms with Crippen molar-refractivity contribution in [2.24, 2.45) is 0 Å². The molecule has 0 spiro atoms. The van der Waals surface area contributed by atoms with Crippen molar-refractivity contribution in [1.29, 1.82) is 0 Å². The van der Waals surface area contributed by atoms with Gasteiger partial charge in [0.25, 0.3) is 0 Å². The molecule has 1 fully saturated rings. The summed E-state index contributed by atoms with van der Waals surface area (Å²) in [6, 6.07) is 0. The van der Waals surface area contributed by atoms with Crippen LogP contribution in [0.1, 0.15) is 26.7 Å². The molecule has 1 heterocycles. The van der Waals surface area contributed by atoms with Gasteiger partial charge in [0.1, 0.15) is 0 Å². The third kappa shape index (κ3) is 2.49. The summed E-state index contributed by atoms with van der Waals surface area (Å²) in [6.07, 6.45) is 3.99. The summed E-state index contributed by atoms with van der Waals surface area (Å²) in [4.78, 5) is 2.52. The molecular formula is C8H19BN2. The van der Waals surface area contributed by atoms with E-state index in [0.29, 0.717) is 6.98 Å². The van der Waals surface area contributed by atoms with Gasteiger partial charge in [0.15, 0.2) is 0 Å². The molecule has 1 saturated heterocycles. The van der Waals surface area contributed by atoms with E-state index < -0.39 is 0 Å². The molecule has 1 rings (SSSR count). The number of nitrogens with one attached hydrogen (secondary N) is 1. The van der Waals surface area contributed by atoms with Crippen LogP contribution >= 0.6 is 0 Å². The van der Waals surface area contributed by atoms with Gasteiger partial charge < -0.3 is 10.0 Å². The molecule has 1 aliphatic rings. The molecule has 1 N–H and O–H groups in total. The molecule has 0 unspecified atom stereocenters. The van der Waals surface area contributed by atoms with E-state index in [-0.39, 0.29) is 0 Å². The molecule has 0 atom stereocenters. The Hall–Kier alpha value is -0.0151. The minimum Gasteiger partial charge on any atom is -0.341 e. The summed E-state index contributed by atoms with van der Waals surface area (Å²) in [5, 5.41) is 3.52. The van der Waals surface area contributed by atoms with E-state index in [2.05, 4.69) is 23.9 Å². The zero-order chi connectivity index (χ0) is 8.10. The lowest BCUT2D eigenvalue weighted by Crippen LogP contribution is -2.40. The van der Waals surface area contributed by atoms with Crippen LogP contribution in [0.25, 0.3) is 0 Å². The Labute approximate surface area is 70.5 Å². The first-order valence-electron chi connectivity index (χ1n) is 4.86. The second kappa shape index (κ2) is 4.78. The maximum atomic E-state index is 3.52. The summed E-state index contributed by atoms with van der Waals surface area (Å²) < 4.78 is 0. The fourth-order valence-corrected chi connectivity index (χ4v) is 1.72. The van der Waals surface area contributed by atoms with Crippen LogP contribution in [0, 0.1) is 0 Å². The number of hydrogen-bond donors (Lipinski definition) is 1. The number of unbranched alkanes of at least 4 members (excludes halogenated alkanes) is 1. The number of hydrogen-bond acceptors (Lipinski definition) is 2. The fourth-order valence-electron chi connectivity index (χ4n) is 1.72. The average molecular weight is 154 g/mol. The summed E-state index contributed by atoms with van der Waals surface area (Å²) in [5.74, 6) is 0. The Morgan fingerprint density at radius 2 is 2.27 bits per heavy atom. The first kappa shape index (κ1) is 9.08. The van der Waals surface area contributed by atoms with Crippen molar-refractivity contribution in [3.63, 3.8) is 0 Å². The van der Waals surface area contributed by atoms with Gasteiger partial charge in [-0.15, -0.1) is 0 Å². The molecule has 0 aromatic heterocycles. The van der Waals surface area contributed by atoms with E-state index in [4.69, 9.17) is 0 Å². The predicted octanol–water partition coefficient (Wildman–Crippen LogP) is 1.20. The van der Waals surface area contributed by atoms with E-state index in [0.717, 1.165) is 0 Å². The van der Waals surface area contributed by atoms with Crippen LogP contribution in [-0.4, -0.2) is 31.4 Å². The second-order valence-corrected chi connectivity index (χ2v) is 3.24. The highest BCUT2D eigenvalue weighted by molar-refractivity contribution is 6.53. The van der Waals surface area contributed by atoms with E-state index in [1.165, 1.54) is 38.8 Å². The quantitative estimate of drug-likeness (QED) is 0.612. The molecule has 0 radical (unpaired) electrons. The largest absolute Gasteiger partial charge is 0.341 e. The Balaban J connectivity index is 2.20. The first-order valence-corrected chi connectivity index (χ1v) is 4.86. The van der Waals surface area contributed by atoms with Gasteiger partial charge in [-0.1, -0.05) is 26.7 Å². The average Bonchev–Trinajstić information content (AvgIpc) is 2.47. The summed E-state index contributed by atoms with van der Waals surface area (Å²) in [5.41, 5.74) is 0. The SMILES string of the molecule is CCCCB1NCCN1CC. The summed E-state index contributed by atoms with van der Waals surface area (Å²) in [7, 11) is 0. The number of likely N-dealkylation sites (N-methyl/N-ethyl adjacent to an activating group) is 1. The van der Waals surface area contributed by atoms with E-state index >= 15 is 0 Å². The van der Waals surface area contributed by atoms with Crippen LogP contribution in [0.4, 0.5) is 0 Å². The van der Waals surface area contributed by atoms with E-state index in [9.17, 15) is 0 Å². The third-order valence-corrected chi connectivity index (χ3v) is 2.46. The summed E-state index contributed by atoms with van der Waals surface area (Å²) in [6.45, 7) is 8.80.